The fraction of sp³-hybridized carbons (Fsp3) is 0.588. The van der Waals surface area contributed by atoms with Crippen molar-refractivity contribution in [1.29, 1.82) is 0 Å². The Hall–Kier alpha value is -1.22. The van der Waals surface area contributed by atoms with E-state index in [9.17, 15) is 9.18 Å². The summed E-state index contributed by atoms with van der Waals surface area (Å²) in [4.78, 5) is 12.6. The Balaban J connectivity index is 2.11. The van der Waals surface area contributed by atoms with E-state index in [1.807, 2.05) is 6.92 Å². The minimum Gasteiger partial charge on any atom is -0.367 e. The quantitative estimate of drug-likeness (QED) is 0.816. The minimum absolute atomic E-state index is 0.0943. The summed E-state index contributed by atoms with van der Waals surface area (Å²) in [5.74, 6) is 0.459. The van der Waals surface area contributed by atoms with E-state index in [1.54, 1.807) is 12.1 Å². The molecule has 2 nitrogen and oxygen atoms in total. The lowest BCUT2D eigenvalue weighted by atomic mass is 9.76. The van der Waals surface area contributed by atoms with Crippen molar-refractivity contribution in [2.45, 2.75) is 51.6 Å². The molecule has 0 spiro atoms. The summed E-state index contributed by atoms with van der Waals surface area (Å²) in [6, 6.07) is 6.28. The van der Waals surface area contributed by atoms with Crippen molar-refractivity contribution in [3.8, 4) is 0 Å². The van der Waals surface area contributed by atoms with Gasteiger partial charge in [0, 0.05) is 13.0 Å². The molecule has 3 heteroatoms. The van der Waals surface area contributed by atoms with Crippen LogP contribution < -0.4 is 0 Å². The van der Waals surface area contributed by atoms with Gasteiger partial charge in [-0.2, -0.15) is 0 Å². The van der Waals surface area contributed by atoms with Crippen LogP contribution in [0, 0.1) is 11.7 Å². The summed E-state index contributed by atoms with van der Waals surface area (Å²) >= 11 is 0. The maximum Gasteiger partial charge on any atom is 0.168 e. The first-order valence-electron chi connectivity index (χ1n) is 7.47. The number of benzene rings is 1. The van der Waals surface area contributed by atoms with Crippen LogP contribution in [0.2, 0.25) is 0 Å². The van der Waals surface area contributed by atoms with Crippen molar-refractivity contribution >= 4 is 5.78 Å². The van der Waals surface area contributed by atoms with Gasteiger partial charge in [0.2, 0.25) is 0 Å². The third kappa shape index (κ3) is 3.45. The van der Waals surface area contributed by atoms with Crippen molar-refractivity contribution in [1.82, 2.24) is 0 Å². The molecule has 1 aromatic rings. The molecule has 1 aliphatic carbocycles. The summed E-state index contributed by atoms with van der Waals surface area (Å²) in [5.41, 5.74) is 0.0841. The van der Waals surface area contributed by atoms with Gasteiger partial charge in [-0.05, 0) is 56.2 Å². The van der Waals surface area contributed by atoms with Crippen molar-refractivity contribution in [3.05, 3.63) is 35.6 Å². The Morgan fingerprint density at radius 3 is 2.70 bits per heavy atom. The van der Waals surface area contributed by atoms with Gasteiger partial charge in [0.1, 0.15) is 11.4 Å². The van der Waals surface area contributed by atoms with Crippen molar-refractivity contribution in [3.63, 3.8) is 0 Å². The lowest BCUT2D eigenvalue weighted by Gasteiger charge is -2.38. The Kier molecular flexibility index (Phi) is 4.92. The highest BCUT2D eigenvalue weighted by atomic mass is 19.1. The number of hydrogen-bond donors (Lipinski definition) is 0. The molecule has 0 aliphatic heterocycles. The Morgan fingerprint density at radius 1 is 1.40 bits per heavy atom. The molecule has 0 atom stereocenters. The SMILES string of the molecule is CCOC1(C(=O)Cc2cccc(F)c2)CCC(C)CC1. The van der Waals surface area contributed by atoms with E-state index in [4.69, 9.17) is 4.74 Å². The lowest BCUT2D eigenvalue weighted by molar-refractivity contribution is -0.149. The molecule has 0 bridgehead atoms. The second-order valence-electron chi connectivity index (χ2n) is 5.84. The predicted octanol–water partition coefficient (Wildman–Crippen LogP) is 3.92. The molecule has 0 N–H and O–H groups in total. The molecule has 0 amide bonds. The second-order valence-corrected chi connectivity index (χ2v) is 5.84. The molecule has 1 saturated carbocycles. The molecule has 2 rings (SSSR count). The maximum atomic E-state index is 13.2. The number of ketones is 1. The maximum absolute atomic E-state index is 13.2. The average Bonchev–Trinajstić information content (AvgIpc) is 2.42. The number of Topliss-reactive ketones (excluding diaryl/α,β-unsaturated/α-hetero) is 1. The molecular weight excluding hydrogens is 255 g/mol. The summed E-state index contributed by atoms with van der Waals surface area (Å²) in [7, 11) is 0. The number of halogens is 1. The predicted molar refractivity (Wildman–Crippen MR) is 77.1 cm³/mol. The van der Waals surface area contributed by atoms with Crippen LogP contribution >= 0.6 is 0 Å². The monoisotopic (exact) mass is 278 g/mol. The average molecular weight is 278 g/mol. The number of ether oxygens (including phenoxy) is 1. The number of carbonyl (C=O) groups excluding carboxylic acids is 1. The van der Waals surface area contributed by atoms with E-state index in [0.29, 0.717) is 12.5 Å². The van der Waals surface area contributed by atoms with E-state index in [0.717, 1.165) is 31.2 Å². The van der Waals surface area contributed by atoms with Crippen LogP contribution in [0.1, 0.15) is 45.1 Å². The molecular formula is C17H23FO2. The highest BCUT2D eigenvalue weighted by Crippen LogP contribution is 2.36. The summed E-state index contributed by atoms with van der Waals surface area (Å²) in [6.07, 6.45) is 3.88. The van der Waals surface area contributed by atoms with Gasteiger partial charge in [0.15, 0.2) is 5.78 Å². The molecule has 1 aliphatic rings. The zero-order valence-corrected chi connectivity index (χ0v) is 12.3. The molecule has 0 unspecified atom stereocenters. The molecule has 0 saturated heterocycles. The molecule has 1 aromatic carbocycles. The van der Waals surface area contributed by atoms with E-state index < -0.39 is 5.60 Å². The Bertz CT molecular complexity index is 462. The van der Waals surface area contributed by atoms with E-state index in [2.05, 4.69) is 6.92 Å². The smallest absolute Gasteiger partial charge is 0.168 e. The fourth-order valence-corrected chi connectivity index (χ4v) is 3.00. The van der Waals surface area contributed by atoms with Crippen molar-refractivity contribution in [2.75, 3.05) is 6.61 Å². The number of carbonyl (C=O) groups is 1. The third-order valence-electron chi connectivity index (χ3n) is 4.26. The molecule has 1 fully saturated rings. The van der Waals surface area contributed by atoms with Gasteiger partial charge >= 0.3 is 0 Å². The molecule has 0 heterocycles. The summed E-state index contributed by atoms with van der Waals surface area (Å²) in [6.45, 7) is 4.69. The highest BCUT2D eigenvalue weighted by Gasteiger charge is 2.41. The summed E-state index contributed by atoms with van der Waals surface area (Å²) < 4.78 is 19.1. The van der Waals surface area contributed by atoms with Crippen LogP contribution in [0.5, 0.6) is 0 Å². The normalized spacial score (nSPS) is 26.4. The van der Waals surface area contributed by atoms with Gasteiger partial charge < -0.3 is 4.74 Å². The zero-order valence-electron chi connectivity index (χ0n) is 12.3. The van der Waals surface area contributed by atoms with E-state index in [-0.39, 0.29) is 18.0 Å². The highest BCUT2D eigenvalue weighted by molar-refractivity contribution is 5.89. The molecule has 110 valence electrons. The van der Waals surface area contributed by atoms with Gasteiger partial charge in [-0.3, -0.25) is 4.79 Å². The summed E-state index contributed by atoms with van der Waals surface area (Å²) in [5, 5.41) is 0. The van der Waals surface area contributed by atoms with Gasteiger partial charge in [-0.1, -0.05) is 19.1 Å². The second kappa shape index (κ2) is 6.49. The van der Waals surface area contributed by atoms with Gasteiger partial charge in [-0.15, -0.1) is 0 Å². The van der Waals surface area contributed by atoms with E-state index in [1.165, 1.54) is 12.1 Å². The minimum atomic E-state index is -0.645. The molecule has 20 heavy (non-hydrogen) atoms. The van der Waals surface area contributed by atoms with E-state index >= 15 is 0 Å². The zero-order chi connectivity index (χ0) is 14.6. The molecule has 0 aromatic heterocycles. The topological polar surface area (TPSA) is 26.3 Å². The lowest BCUT2D eigenvalue weighted by Crippen LogP contribution is -2.45. The van der Waals surface area contributed by atoms with Gasteiger partial charge in [0.25, 0.3) is 0 Å². The van der Waals surface area contributed by atoms with Crippen LogP contribution in [-0.2, 0) is 16.0 Å². The first-order chi connectivity index (χ1) is 9.55. The fourth-order valence-electron chi connectivity index (χ4n) is 3.00. The van der Waals surface area contributed by atoms with Crippen LogP contribution in [0.3, 0.4) is 0 Å². The number of hydrogen-bond acceptors (Lipinski definition) is 2. The first-order valence-corrected chi connectivity index (χ1v) is 7.47. The van der Waals surface area contributed by atoms with Crippen LogP contribution in [-0.4, -0.2) is 18.0 Å². The van der Waals surface area contributed by atoms with Crippen molar-refractivity contribution in [2.24, 2.45) is 5.92 Å². The van der Waals surface area contributed by atoms with Gasteiger partial charge in [0.05, 0.1) is 0 Å². The number of rotatable bonds is 5. The van der Waals surface area contributed by atoms with Crippen LogP contribution in [0.4, 0.5) is 4.39 Å². The Labute approximate surface area is 120 Å². The van der Waals surface area contributed by atoms with Crippen LogP contribution in [0.15, 0.2) is 24.3 Å². The largest absolute Gasteiger partial charge is 0.367 e. The molecule has 0 radical (unpaired) electrons. The first kappa shape index (κ1) is 15.2. The van der Waals surface area contributed by atoms with Gasteiger partial charge in [-0.25, -0.2) is 4.39 Å². The standard InChI is InChI=1S/C17H23FO2/c1-3-20-17(9-7-13(2)8-10-17)16(19)12-14-5-4-6-15(18)11-14/h4-6,11,13H,3,7-10,12H2,1-2H3. The Morgan fingerprint density at radius 2 is 2.10 bits per heavy atom. The van der Waals surface area contributed by atoms with Crippen molar-refractivity contribution < 1.29 is 13.9 Å². The van der Waals surface area contributed by atoms with Crippen LogP contribution in [0.25, 0.3) is 0 Å². The third-order valence-corrected chi connectivity index (χ3v) is 4.26.